The number of aliphatic hydroxyl groups is 1. The Morgan fingerprint density at radius 3 is 2.62 bits per heavy atom. The maximum Gasteiger partial charge on any atom is 0.0471 e. The molecule has 0 saturated carbocycles. The molecule has 0 atom stereocenters. The third-order valence-corrected chi connectivity index (χ3v) is 5.00. The molecule has 0 aromatic heterocycles. The van der Waals surface area contributed by atoms with E-state index in [0.717, 1.165) is 12.8 Å². The van der Waals surface area contributed by atoms with Crippen LogP contribution < -0.4 is 10.4 Å². The van der Waals surface area contributed by atoms with E-state index < -0.39 is 0 Å². The molecule has 2 aliphatic rings. The van der Waals surface area contributed by atoms with Crippen molar-refractivity contribution in [2.24, 2.45) is 0 Å². The molecule has 24 heavy (non-hydrogen) atoms. The van der Waals surface area contributed by atoms with Crippen LogP contribution in [0.3, 0.4) is 0 Å². The summed E-state index contributed by atoms with van der Waals surface area (Å²) in [6.07, 6.45) is 8.55. The van der Waals surface area contributed by atoms with Crippen LogP contribution in [0.5, 0.6) is 0 Å². The first-order valence-corrected chi connectivity index (χ1v) is 8.61. The standard InChI is InChI=1S/C23H22O/c1-15(2)19-9-10-21-20-6-4-3-5-17(20)14-22(21)23(19)18-8-7-16(13-18)11-12-24/h3-7,9-10,13-14,24H,8,11-12H2,1-2H3. The van der Waals surface area contributed by atoms with Crippen LogP contribution >= 0.6 is 0 Å². The van der Waals surface area contributed by atoms with Crippen molar-refractivity contribution in [2.45, 2.75) is 26.7 Å². The SMILES string of the molecule is CC(C)=c1ccc2c(c1C1=CC(CCO)=CC1)C=c1ccccc1=2. The summed E-state index contributed by atoms with van der Waals surface area (Å²) in [6, 6.07) is 13.2. The van der Waals surface area contributed by atoms with E-state index in [-0.39, 0.29) is 6.61 Å². The Hall–Kier alpha value is -2.38. The van der Waals surface area contributed by atoms with Crippen LogP contribution in [-0.4, -0.2) is 11.7 Å². The van der Waals surface area contributed by atoms with Gasteiger partial charge in [0.15, 0.2) is 0 Å². The molecule has 2 aliphatic carbocycles. The average molecular weight is 314 g/mol. The maximum atomic E-state index is 9.22. The fourth-order valence-corrected chi connectivity index (χ4v) is 3.85. The summed E-state index contributed by atoms with van der Waals surface area (Å²) in [4.78, 5) is 0. The van der Waals surface area contributed by atoms with Crippen molar-refractivity contribution < 1.29 is 5.11 Å². The van der Waals surface area contributed by atoms with Gasteiger partial charge >= 0.3 is 0 Å². The Bertz CT molecular complexity index is 1090. The number of hydrogen-bond acceptors (Lipinski definition) is 1. The second-order valence-corrected chi connectivity index (χ2v) is 6.81. The highest BCUT2D eigenvalue weighted by molar-refractivity contribution is 5.81. The lowest BCUT2D eigenvalue weighted by Crippen LogP contribution is -2.12. The fourth-order valence-electron chi connectivity index (χ4n) is 3.85. The van der Waals surface area contributed by atoms with Gasteiger partial charge in [0.1, 0.15) is 0 Å². The maximum absolute atomic E-state index is 9.22. The Morgan fingerprint density at radius 2 is 1.83 bits per heavy atom. The molecule has 120 valence electrons. The largest absolute Gasteiger partial charge is 0.396 e. The molecule has 4 rings (SSSR count). The fraction of sp³-hybridized carbons (Fsp3) is 0.217. The lowest BCUT2D eigenvalue weighted by Gasteiger charge is -2.10. The van der Waals surface area contributed by atoms with E-state index in [1.807, 2.05) is 0 Å². The van der Waals surface area contributed by atoms with E-state index in [4.69, 9.17) is 0 Å². The molecule has 2 aromatic carbocycles. The van der Waals surface area contributed by atoms with Crippen molar-refractivity contribution in [3.8, 4) is 0 Å². The van der Waals surface area contributed by atoms with Crippen molar-refractivity contribution in [3.05, 3.63) is 86.1 Å². The molecule has 1 heteroatoms. The number of aliphatic hydroxyl groups excluding tert-OH is 1. The molecular formula is C23H22O. The van der Waals surface area contributed by atoms with Crippen molar-refractivity contribution in [3.63, 3.8) is 0 Å². The topological polar surface area (TPSA) is 20.2 Å². The Kier molecular flexibility index (Phi) is 3.74. The number of benzene rings is 2. The molecule has 0 spiro atoms. The molecule has 2 aromatic rings. The lowest BCUT2D eigenvalue weighted by atomic mass is 9.94. The third kappa shape index (κ3) is 2.37. The Labute approximate surface area is 142 Å². The van der Waals surface area contributed by atoms with E-state index >= 15 is 0 Å². The molecule has 0 radical (unpaired) electrons. The van der Waals surface area contributed by atoms with Gasteiger partial charge in [0.05, 0.1) is 0 Å². The van der Waals surface area contributed by atoms with Gasteiger partial charge in [-0.3, -0.25) is 0 Å². The molecule has 1 nitrogen and oxygen atoms in total. The molecular weight excluding hydrogens is 292 g/mol. The molecule has 0 heterocycles. The quantitative estimate of drug-likeness (QED) is 0.785. The number of allylic oxidation sites excluding steroid dienone is 3. The minimum Gasteiger partial charge on any atom is -0.396 e. The first-order chi connectivity index (χ1) is 11.7. The Morgan fingerprint density at radius 1 is 1.00 bits per heavy atom. The van der Waals surface area contributed by atoms with E-state index in [2.05, 4.69) is 68.5 Å². The van der Waals surface area contributed by atoms with Gasteiger partial charge < -0.3 is 5.11 Å². The summed E-state index contributed by atoms with van der Waals surface area (Å²) < 4.78 is 0. The summed E-state index contributed by atoms with van der Waals surface area (Å²) in [6.45, 7) is 4.58. The van der Waals surface area contributed by atoms with Crippen LogP contribution in [0, 0.1) is 10.4 Å². The first-order valence-electron chi connectivity index (χ1n) is 8.61. The van der Waals surface area contributed by atoms with Gasteiger partial charge in [0.25, 0.3) is 0 Å². The van der Waals surface area contributed by atoms with Crippen LogP contribution in [0.4, 0.5) is 0 Å². The summed E-state index contributed by atoms with van der Waals surface area (Å²) in [5, 5.41) is 14.5. The highest BCUT2D eigenvalue weighted by atomic mass is 16.2. The van der Waals surface area contributed by atoms with Crippen molar-refractivity contribution >= 4 is 17.2 Å². The molecule has 1 N–H and O–H groups in total. The van der Waals surface area contributed by atoms with Crippen LogP contribution in [0.2, 0.25) is 0 Å². The third-order valence-electron chi connectivity index (χ3n) is 5.00. The zero-order valence-corrected chi connectivity index (χ0v) is 14.3. The molecule has 0 bridgehead atoms. The molecule has 0 saturated heterocycles. The van der Waals surface area contributed by atoms with E-state index in [1.54, 1.807) is 0 Å². The summed E-state index contributed by atoms with van der Waals surface area (Å²) in [5.41, 5.74) is 6.68. The number of rotatable bonds is 3. The lowest BCUT2D eigenvalue weighted by molar-refractivity contribution is 0.300. The van der Waals surface area contributed by atoms with E-state index in [1.165, 1.54) is 48.7 Å². The van der Waals surface area contributed by atoms with Crippen molar-refractivity contribution in [2.75, 3.05) is 6.61 Å². The summed E-state index contributed by atoms with van der Waals surface area (Å²) in [5.74, 6) is 0. The Balaban J connectivity index is 2.03. The van der Waals surface area contributed by atoms with E-state index in [9.17, 15) is 5.11 Å². The minimum atomic E-state index is 0.214. The van der Waals surface area contributed by atoms with Gasteiger partial charge in [-0.15, -0.1) is 0 Å². The van der Waals surface area contributed by atoms with Crippen LogP contribution in [0.25, 0.3) is 17.2 Å². The zero-order valence-electron chi connectivity index (χ0n) is 14.3. The predicted octanol–water partition coefficient (Wildman–Crippen LogP) is 3.40. The first kappa shape index (κ1) is 15.2. The molecule has 0 amide bonds. The van der Waals surface area contributed by atoms with Gasteiger partial charge in [-0.1, -0.05) is 54.1 Å². The summed E-state index contributed by atoms with van der Waals surface area (Å²) in [7, 11) is 0. The smallest absolute Gasteiger partial charge is 0.0471 e. The molecule has 0 fully saturated rings. The molecule has 0 aliphatic heterocycles. The van der Waals surface area contributed by atoms with Crippen molar-refractivity contribution in [1.82, 2.24) is 0 Å². The van der Waals surface area contributed by atoms with Gasteiger partial charge in [0, 0.05) is 6.61 Å². The second-order valence-electron chi connectivity index (χ2n) is 6.81. The zero-order chi connectivity index (χ0) is 16.7. The van der Waals surface area contributed by atoms with E-state index in [0.29, 0.717) is 0 Å². The average Bonchev–Trinajstić information content (AvgIpc) is 3.18. The number of fused-ring (bicyclic) bond motifs is 2. The summed E-state index contributed by atoms with van der Waals surface area (Å²) >= 11 is 0. The van der Waals surface area contributed by atoms with Crippen LogP contribution in [0.1, 0.15) is 37.8 Å². The van der Waals surface area contributed by atoms with Crippen molar-refractivity contribution in [1.29, 1.82) is 0 Å². The highest BCUT2D eigenvalue weighted by Gasteiger charge is 2.16. The van der Waals surface area contributed by atoms with Gasteiger partial charge in [-0.2, -0.15) is 0 Å². The van der Waals surface area contributed by atoms with Gasteiger partial charge in [0.2, 0.25) is 0 Å². The highest BCUT2D eigenvalue weighted by Crippen LogP contribution is 2.30. The van der Waals surface area contributed by atoms with Gasteiger partial charge in [-0.05, 0) is 75.9 Å². The predicted molar refractivity (Wildman–Crippen MR) is 101 cm³/mol. The normalized spacial score (nSPS) is 14.6. The van der Waals surface area contributed by atoms with Crippen LogP contribution in [-0.2, 0) is 0 Å². The van der Waals surface area contributed by atoms with Gasteiger partial charge in [-0.25, -0.2) is 0 Å². The van der Waals surface area contributed by atoms with Crippen LogP contribution in [0.15, 0.2) is 54.1 Å². The number of hydrogen-bond donors (Lipinski definition) is 1. The monoisotopic (exact) mass is 314 g/mol. The second kappa shape index (κ2) is 5.92. The molecule has 0 unspecified atom stereocenters. The minimum absolute atomic E-state index is 0.214.